The molecule has 1 atom stereocenters. The average molecular weight is 309 g/mol. The molecule has 2 aromatic rings. The van der Waals surface area contributed by atoms with Gasteiger partial charge in [0, 0.05) is 11.9 Å². The van der Waals surface area contributed by atoms with Gasteiger partial charge in [-0.1, -0.05) is 29.3 Å². The van der Waals surface area contributed by atoms with E-state index < -0.39 is 0 Å². The van der Waals surface area contributed by atoms with Crippen LogP contribution in [0.2, 0.25) is 10.0 Å². The second kappa shape index (κ2) is 6.25. The number of aryl methyl sites for hydroxylation is 1. The van der Waals surface area contributed by atoms with Crippen LogP contribution in [0.4, 0.5) is 0 Å². The van der Waals surface area contributed by atoms with Crippen LogP contribution in [0.25, 0.3) is 0 Å². The van der Waals surface area contributed by atoms with Gasteiger partial charge in [0.15, 0.2) is 0 Å². The molecule has 1 aromatic carbocycles. The summed E-state index contributed by atoms with van der Waals surface area (Å²) in [6.45, 7) is 3.76. The van der Waals surface area contributed by atoms with Crippen molar-refractivity contribution < 1.29 is 4.79 Å². The quantitative estimate of drug-likeness (QED) is 0.924. The summed E-state index contributed by atoms with van der Waals surface area (Å²) in [5.74, 6) is -0.170. The fourth-order valence-corrected chi connectivity index (χ4v) is 2.05. The van der Waals surface area contributed by atoms with Crippen LogP contribution in [0.3, 0.4) is 0 Å². The van der Waals surface area contributed by atoms with E-state index in [1.165, 1.54) is 0 Å². The number of pyridine rings is 1. The van der Waals surface area contributed by atoms with Crippen molar-refractivity contribution in [2.24, 2.45) is 0 Å². The van der Waals surface area contributed by atoms with Crippen LogP contribution < -0.4 is 5.32 Å². The third kappa shape index (κ3) is 3.50. The summed E-state index contributed by atoms with van der Waals surface area (Å²) in [4.78, 5) is 16.2. The van der Waals surface area contributed by atoms with Crippen LogP contribution in [0.5, 0.6) is 0 Å². The van der Waals surface area contributed by atoms with Gasteiger partial charge in [-0.15, -0.1) is 0 Å². The van der Waals surface area contributed by atoms with Crippen LogP contribution in [-0.4, -0.2) is 10.9 Å². The van der Waals surface area contributed by atoms with Gasteiger partial charge in [-0.2, -0.15) is 0 Å². The second-order valence-electron chi connectivity index (χ2n) is 4.56. The molecule has 3 nitrogen and oxygen atoms in total. The minimum Gasteiger partial charge on any atom is -0.345 e. The lowest BCUT2D eigenvalue weighted by Crippen LogP contribution is -2.26. The van der Waals surface area contributed by atoms with Crippen molar-refractivity contribution in [3.05, 3.63) is 63.4 Å². The molecular weight excluding hydrogens is 295 g/mol. The number of nitrogens with zero attached hydrogens (tertiary/aromatic N) is 1. The maximum Gasteiger partial charge on any atom is 0.253 e. The average Bonchev–Trinajstić information content (AvgIpc) is 2.42. The Morgan fingerprint density at radius 2 is 1.95 bits per heavy atom. The molecule has 0 unspecified atom stereocenters. The number of carbonyl (C=O) groups excluding carboxylic acids is 1. The molecule has 104 valence electrons. The van der Waals surface area contributed by atoms with Crippen molar-refractivity contribution in [1.29, 1.82) is 0 Å². The summed E-state index contributed by atoms with van der Waals surface area (Å²) in [6.07, 6.45) is 1.56. The zero-order chi connectivity index (χ0) is 14.7. The molecule has 0 spiro atoms. The van der Waals surface area contributed by atoms with Crippen LogP contribution in [-0.2, 0) is 0 Å². The number of hydrogen-bond donors (Lipinski definition) is 1. The maximum atomic E-state index is 12.1. The Kier molecular flexibility index (Phi) is 4.63. The molecule has 0 aliphatic heterocycles. The van der Waals surface area contributed by atoms with Crippen LogP contribution in [0.1, 0.15) is 34.6 Å². The third-order valence-electron chi connectivity index (χ3n) is 2.96. The monoisotopic (exact) mass is 308 g/mol. The molecule has 1 amide bonds. The number of aromatic nitrogens is 1. The Bertz CT molecular complexity index is 626. The van der Waals surface area contributed by atoms with Gasteiger partial charge in [0.05, 0.1) is 21.7 Å². The molecule has 20 heavy (non-hydrogen) atoms. The van der Waals surface area contributed by atoms with Gasteiger partial charge in [-0.05, 0) is 43.7 Å². The molecule has 0 aliphatic carbocycles. The van der Waals surface area contributed by atoms with Crippen LogP contribution in [0.15, 0.2) is 36.5 Å². The lowest BCUT2D eigenvalue weighted by Gasteiger charge is -2.15. The van der Waals surface area contributed by atoms with Crippen molar-refractivity contribution in [1.82, 2.24) is 10.3 Å². The van der Waals surface area contributed by atoms with Crippen molar-refractivity contribution in [3.63, 3.8) is 0 Å². The zero-order valence-electron chi connectivity index (χ0n) is 11.2. The fraction of sp³-hybridized carbons (Fsp3) is 0.200. The van der Waals surface area contributed by atoms with Gasteiger partial charge in [0.1, 0.15) is 0 Å². The molecule has 5 heteroatoms. The molecule has 2 rings (SSSR count). The molecule has 1 aromatic heterocycles. The van der Waals surface area contributed by atoms with Crippen molar-refractivity contribution in [2.75, 3.05) is 0 Å². The highest BCUT2D eigenvalue weighted by Gasteiger charge is 2.12. The van der Waals surface area contributed by atoms with Gasteiger partial charge >= 0.3 is 0 Å². The molecular formula is C15H14Cl2N2O. The minimum atomic E-state index is -0.170. The third-order valence-corrected chi connectivity index (χ3v) is 3.70. The van der Waals surface area contributed by atoms with Gasteiger partial charge in [-0.25, -0.2) is 0 Å². The Morgan fingerprint density at radius 1 is 1.20 bits per heavy atom. The molecule has 0 radical (unpaired) electrons. The summed E-state index contributed by atoms with van der Waals surface area (Å²) < 4.78 is 0. The van der Waals surface area contributed by atoms with E-state index in [4.69, 9.17) is 23.2 Å². The zero-order valence-corrected chi connectivity index (χ0v) is 12.7. The first-order valence-electron chi connectivity index (χ1n) is 6.16. The Hall–Kier alpha value is -1.58. The minimum absolute atomic E-state index is 0.168. The van der Waals surface area contributed by atoms with E-state index in [9.17, 15) is 4.79 Å². The molecule has 0 bridgehead atoms. The fourth-order valence-electron chi connectivity index (χ4n) is 1.75. The summed E-state index contributed by atoms with van der Waals surface area (Å²) in [5.41, 5.74) is 2.30. The van der Waals surface area contributed by atoms with E-state index in [-0.39, 0.29) is 11.9 Å². The van der Waals surface area contributed by atoms with E-state index in [1.807, 2.05) is 19.9 Å². The van der Waals surface area contributed by atoms with Gasteiger partial charge < -0.3 is 5.32 Å². The smallest absolute Gasteiger partial charge is 0.253 e. The first-order chi connectivity index (χ1) is 9.47. The molecule has 1 N–H and O–H groups in total. The Labute approximate surface area is 127 Å². The predicted molar refractivity (Wildman–Crippen MR) is 81.3 cm³/mol. The summed E-state index contributed by atoms with van der Waals surface area (Å²) in [7, 11) is 0. The first kappa shape index (κ1) is 14.8. The lowest BCUT2D eigenvalue weighted by molar-refractivity contribution is 0.0939. The molecule has 0 saturated carbocycles. The second-order valence-corrected chi connectivity index (χ2v) is 5.37. The molecule has 0 aliphatic rings. The van der Waals surface area contributed by atoms with Gasteiger partial charge in [0.25, 0.3) is 5.91 Å². The van der Waals surface area contributed by atoms with Crippen LogP contribution >= 0.6 is 23.2 Å². The number of amides is 1. The maximum absolute atomic E-state index is 12.1. The van der Waals surface area contributed by atoms with E-state index >= 15 is 0 Å². The van der Waals surface area contributed by atoms with E-state index in [2.05, 4.69) is 10.3 Å². The number of carbonyl (C=O) groups is 1. The number of hydrogen-bond acceptors (Lipinski definition) is 2. The highest BCUT2D eigenvalue weighted by Crippen LogP contribution is 2.25. The highest BCUT2D eigenvalue weighted by molar-refractivity contribution is 6.42. The molecule has 1 heterocycles. The summed E-state index contributed by atoms with van der Waals surface area (Å²) >= 11 is 11.8. The number of halogens is 2. The molecule has 0 fully saturated rings. The van der Waals surface area contributed by atoms with E-state index in [0.717, 1.165) is 11.3 Å². The SMILES string of the molecule is Cc1ccc(C(=O)N[C@@H](C)c2ccc(Cl)c(Cl)c2)cn1. The van der Waals surface area contributed by atoms with E-state index in [1.54, 1.807) is 30.5 Å². The van der Waals surface area contributed by atoms with Crippen molar-refractivity contribution in [3.8, 4) is 0 Å². The number of benzene rings is 1. The Balaban J connectivity index is 2.10. The van der Waals surface area contributed by atoms with Gasteiger partial charge in [0.2, 0.25) is 0 Å². The highest BCUT2D eigenvalue weighted by atomic mass is 35.5. The lowest BCUT2D eigenvalue weighted by atomic mass is 10.1. The summed E-state index contributed by atoms with van der Waals surface area (Å²) in [6, 6.07) is 8.70. The normalized spacial score (nSPS) is 12.0. The predicted octanol–water partition coefficient (Wildman–Crippen LogP) is 4.19. The van der Waals surface area contributed by atoms with E-state index in [0.29, 0.717) is 15.6 Å². The number of rotatable bonds is 3. The first-order valence-corrected chi connectivity index (χ1v) is 6.91. The standard InChI is InChI=1S/C15H14Cl2N2O/c1-9-3-4-12(8-18-9)15(20)19-10(2)11-5-6-13(16)14(17)7-11/h3-8,10H,1-2H3,(H,19,20)/t10-/m0/s1. The molecule has 0 saturated heterocycles. The van der Waals surface area contributed by atoms with Gasteiger partial charge in [-0.3, -0.25) is 9.78 Å². The Morgan fingerprint density at radius 3 is 2.55 bits per heavy atom. The van der Waals surface area contributed by atoms with Crippen LogP contribution in [0, 0.1) is 6.92 Å². The topological polar surface area (TPSA) is 42.0 Å². The largest absolute Gasteiger partial charge is 0.345 e. The number of nitrogens with one attached hydrogen (secondary N) is 1. The van der Waals surface area contributed by atoms with Crippen molar-refractivity contribution in [2.45, 2.75) is 19.9 Å². The van der Waals surface area contributed by atoms with Crippen molar-refractivity contribution >= 4 is 29.1 Å². The summed E-state index contributed by atoms with van der Waals surface area (Å²) in [5, 5.41) is 3.87.